The summed E-state index contributed by atoms with van der Waals surface area (Å²) >= 11 is 0. The molecule has 2 rings (SSSR count). The molecule has 0 aliphatic heterocycles. The minimum absolute atomic E-state index is 0.341. The van der Waals surface area contributed by atoms with E-state index in [4.69, 9.17) is 5.73 Å². The average molecular weight is 214 g/mol. The van der Waals surface area contributed by atoms with Crippen LogP contribution in [-0.4, -0.2) is 16.5 Å². The van der Waals surface area contributed by atoms with Gasteiger partial charge in [0.1, 0.15) is 11.6 Å². The van der Waals surface area contributed by atoms with Gasteiger partial charge in [0.05, 0.1) is 12.1 Å². The monoisotopic (exact) mass is 214 g/mol. The molecule has 82 valence electrons. The van der Waals surface area contributed by atoms with Gasteiger partial charge >= 0.3 is 0 Å². The highest BCUT2D eigenvalue weighted by Crippen LogP contribution is 2.19. The maximum Gasteiger partial charge on any atom is 0.144 e. The van der Waals surface area contributed by atoms with Crippen molar-refractivity contribution in [3.8, 4) is 0 Å². The van der Waals surface area contributed by atoms with Crippen LogP contribution < -0.4 is 11.1 Å². The van der Waals surface area contributed by atoms with Crippen LogP contribution in [0.1, 0.15) is 5.82 Å². The molecule has 0 saturated heterocycles. The predicted molar refractivity (Wildman–Crippen MR) is 66.1 cm³/mol. The van der Waals surface area contributed by atoms with Gasteiger partial charge in [-0.15, -0.1) is 6.58 Å². The number of rotatable bonds is 4. The Bertz CT molecular complexity index is 507. The van der Waals surface area contributed by atoms with Crippen LogP contribution in [0.25, 0.3) is 10.9 Å². The van der Waals surface area contributed by atoms with Crippen molar-refractivity contribution in [1.82, 2.24) is 9.97 Å². The van der Waals surface area contributed by atoms with Crippen LogP contribution in [-0.2, 0) is 6.54 Å². The Hall–Kier alpha value is -1.94. The zero-order valence-corrected chi connectivity index (χ0v) is 8.98. The molecule has 2 aromatic rings. The Kier molecular flexibility index (Phi) is 3.12. The molecule has 0 amide bonds. The number of nitrogens with zero attached hydrogens (tertiary/aromatic N) is 2. The normalized spacial score (nSPS) is 10.3. The number of para-hydroxylation sites is 1. The molecule has 1 aromatic heterocycles. The topological polar surface area (TPSA) is 63.8 Å². The number of benzene rings is 1. The van der Waals surface area contributed by atoms with E-state index in [-0.39, 0.29) is 0 Å². The van der Waals surface area contributed by atoms with Crippen molar-refractivity contribution in [2.45, 2.75) is 6.54 Å². The molecule has 0 radical (unpaired) electrons. The van der Waals surface area contributed by atoms with Crippen LogP contribution in [0.2, 0.25) is 0 Å². The van der Waals surface area contributed by atoms with Gasteiger partial charge in [-0.1, -0.05) is 18.2 Å². The molecule has 0 aliphatic rings. The molecule has 1 heterocycles. The van der Waals surface area contributed by atoms with Crippen molar-refractivity contribution in [3.05, 3.63) is 42.7 Å². The molecule has 0 bridgehead atoms. The molecule has 0 fully saturated rings. The minimum atomic E-state index is 0.341. The Balaban J connectivity index is 2.54. The number of aromatic nitrogens is 2. The van der Waals surface area contributed by atoms with E-state index in [0.29, 0.717) is 18.9 Å². The highest BCUT2D eigenvalue weighted by molar-refractivity contribution is 5.88. The summed E-state index contributed by atoms with van der Waals surface area (Å²) in [7, 11) is 0. The van der Waals surface area contributed by atoms with Crippen molar-refractivity contribution in [3.63, 3.8) is 0 Å². The maximum atomic E-state index is 5.57. The van der Waals surface area contributed by atoms with E-state index in [2.05, 4.69) is 21.9 Å². The molecule has 16 heavy (non-hydrogen) atoms. The SMILES string of the molecule is C=CCNc1nc(CN)nc2ccccc12. The third-order valence-corrected chi connectivity index (χ3v) is 2.25. The van der Waals surface area contributed by atoms with Gasteiger partial charge in [-0.05, 0) is 12.1 Å². The molecule has 0 unspecified atom stereocenters. The second-order valence-corrected chi connectivity index (χ2v) is 3.38. The first-order chi connectivity index (χ1) is 7.85. The third kappa shape index (κ3) is 2.01. The second kappa shape index (κ2) is 4.72. The number of nitrogens with one attached hydrogen (secondary N) is 1. The molecule has 3 N–H and O–H groups in total. The standard InChI is InChI=1S/C12H14N4/c1-2-7-14-12-9-5-3-4-6-10(9)15-11(8-13)16-12/h2-6H,1,7-8,13H2,(H,14,15,16). The summed E-state index contributed by atoms with van der Waals surface area (Å²) in [5, 5.41) is 4.19. The first-order valence-corrected chi connectivity index (χ1v) is 5.15. The molecule has 1 aromatic carbocycles. The highest BCUT2D eigenvalue weighted by Gasteiger charge is 2.04. The number of nitrogens with two attached hydrogens (primary N) is 1. The first kappa shape index (κ1) is 10.6. The van der Waals surface area contributed by atoms with E-state index in [0.717, 1.165) is 16.7 Å². The minimum Gasteiger partial charge on any atom is -0.366 e. The Morgan fingerprint density at radius 2 is 2.12 bits per heavy atom. The van der Waals surface area contributed by atoms with Gasteiger partial charge in [0.2, 0.25) is 0 Å². The lowest BCUT2D eigenvalue weighted by atomic mass is 10.2. The van der Waals surface area contributed by atoms with Crippen LogP contribution in [0.15, 0.2) is 36.9 Å². The van der Waals surface area contributed by atoms with Gasteiger partial charge in [-0.25, -0.2) is 9.97 Å². The molecular formula is C12H14N4. The van der Waals surface area contributed by atoms with E-state index in [9.17, 15) is 0 Å². The summed E-state index contributed by atoms with van der Waals surface area (Å²) in [5.74, 6) is 1.45. The summed E-state index contributed by atoms with van der Waals surface area (Å²) in [5.41, 5.74) is 6.47. The van der Waals surface area contributed by atoms with Gasteiger partial charge in [0.25, 0.3) is 0 Å². The van der Waals surface area contributed by atoms with E-state index in [1.807, 2.05) is 24.3 Å². The zero-order valence-electron chi connectivity index (χ0n) is 8.98. The number of anilines is 1. The molecule has 0 spiro atoms. The summed E-state index contributed by atoms with van der Waals surface area (Å²) in [6.45, 7) is 4.68. The van der Waals surface area contributed by atoms with E-state index >= 15 is 0 Å². The van der Waals surface area contributed by atoms with Gasteiger partial charge in [0, 0.05) is 11.9 Å². The molecule has 0 atom stereocenters. The third-order valence-electron chi connectivity index (χ3n) is 2.25. The van der Waals surface area contributed by atoms with Gasteiger partial charge in [0.15, 0.2) is 0 Å². The quantitative estimate of drug-likeness (QED) is 0.760. The summed E-state index contributed by atoms with van der Waals surface area (Å²) in [6.07, 6.45) is 1.79. The van der Waals surface area contributed by atoms with Crippen LogP contribution in [0.5, 0.6) is 0 Å². The molecule has 4 nitrogen and oxygen atoms in total. The van der Waals surface area contributed by atoms with E-state index < -0.39 is 0 Å². The van der Waals surface area contributed by atoms with Crippen LogP contribution in [0.3, 0.4) is 0 Å². The highest BCUT2D eigenvalue weighted by atomic mass is 15.0. The predicted octanol–water partition coefficient (Wildman–Crippen LogP) is 1.69. The Morgan fingerprint density at radius 3 is 2.88 bits per heavy atom. The van der Waals surface area contributed by atoms with Crippen LogP contribution >= 0.6 is 0 Å². The fraction of sp³-hybridized carbons (Fsp3) is 0.167. The van der Waals surface area contributed by atoms with Gasteiger partial charge in [-0.3, -0.25) is 0 Å². The first-order valence-electron chi connectivity index (χ1n) is 5.15. The lowest BCUT2D eigenvalue weighted by molar-refractivity contribution is 0.926. The van der Waals surface area contributed by atoms with Gasteiger partial charge in [-0.2, -0.15) is 0 Å². The lowest BCUT2D eigenvalue weighted by Crippen LogP contribution is -2.08. The Labute approximate surface area is 94.2 Å². The molecule has 0 aliphatic carbocycles. The zero-order chi connectivity index (χ0) is 11.4. The van der Waals surface area contributed by atoms with Crippen molar-refractivity contribution in [1.29, 1.82) is 0 Å². The molecule has 4 heteroatoms. The second-order valence-electron chi connectivity index (χ2n) is 3.38. The Morgan fingerprint density at radius 1 is 1.31 bits per heavy atom. The number of hydrogen-bond acceptors (Lipinski definition) is 4. The fourth-order valence-corrected chi connectivity index (χ4v) is 1.52. The smallest absolute Gasteiger partial charge is 0.144 e. The largest absolute Gasteiger partial charge is 0.366 e. The fourth-order valence-electron chi connectivity index (χ4n) is 1.52. The molecular weight excluding hydrogens is 200 g/mol. The van der Waals surface area contributed by atoms with Crippen LogP contribution in [0.4, 0.5) is 5.82 Å². The van der Waals surface area contributed by atoms with E-state index in [1.54, 1.807) is 6.08 Å². The summed E-state index contributed by atoms with van der Waals surface area (Å²) < 4.78 is 0. The van der Waals surface area contributed by atoms with Gasteiger partial charge < -0.3 is 11.1 Å². The maximum absolute atomic E-state index is 5.57. The van der Waals surface area contributed by atoms with Crippen molar-refractivity contribution < 1.29 is 0 Å². The van der Waals surface area contributed by atoms with Crippen molar-refractivity contribution >= 4 is 16.7 Å². The summed E-state index contributed by atoms with van der Waals surface area (Å²) in [6, 6.07) is 7.86. The lowest BCUT2D eigenvalue weighted by Gasteiger charge is -2.08. The van der Waals surface area contributed by atoms with Crippen molar-refractivity contribution in [2.75, 3.05) is 11.9 Å². The summed E-state index contributed by atoms with van der Waals surface area (Å²) in [4.78, 5) is 8.72. The number of fused-ring (bicyclic) bond motifs is 1. The van der Waals surface area contributed by atoms with E-state index in [1.165, 1.54) is 0 Å². The van der Waals surface area contributed by atoms with Crippen LogP contribution in [0, 0.1) is 0 Å². The number of hydrogen-bond donors (Lipinski definition) is 2. The van der Waals surface area contributed by atoms with Crippen molar-refractivity contribution in [2.24, 2.45) is 5.73 Å². The molecule has 0 saturated carbocycles. The average Bonchev–Trinajstić information content (AvgIpc) is 2.35.